The minimum atomic E-state index is -0.388. The quantitative estimate of drug-likeness (QED) is 0.309. The summed E-state index contributed by atoms with van der Waals surface area (Å²) in [5, 5.41) is 8.13. The van der Waals surface area contributed by atoms with Crippen LogP contribution in [-0.2, 0) is 9.62 Å². The molecule has 0 saturated heterocycles. The van der Waals surface area contributed by atoms with Gasteiger partial charge in [-0.15, -0.1) is 0 Å². The Morgan fingerprint density at radius 1 is 1.05 bits per heavy atom. The molecule has 0 bridgehead atoms. The molecule has 0 aliphatic heterocycles. The maximum absolute atomic E-state index is 11.7. The molecule has 0 amide bonds. The van der Waals surface area contributed by atoms with Gasteiger partial charge < -0.3 is 9.47 Å². The monoisotopic (exact) mass is 282 g/mol. The second-order valence-electron chi connectivity index (χ2n) is 4.40. The fourth-order valence-corrected chi connectivity index (χ4v) is 1.60. The number of ether oxygens (including phenoxy) is 2. The number of rotatable bonds is 10. The smallest absolute Gasteiger partial charge is 0.338 e. The van der Waals surface area contributed by atoms with E-state index in [1.165, 1.54) is 0 Å². The predicted molar refractivity (Wildman–Crippen MR) is 74.9 cm³/mol. The summed E-state index contributed by atoms with van der Waals surface area (Å²) in [5.41, 5.74) is 0.482. The van der Waals surface area contributed by atoms with Crippen molar-refractivity contribution >= 4 is 5.97 Å². The van der Waals surface area contributed by atoms with Gasteiger partial charge >= 0.3 is 5.97 Å². The van der Waals surface area contributed by atoms with Crippen molar-refractivity contribution in [3.63, 3.8) is 0 Å². The highest BCUT2D eigenvalue weighted by Gasteiger charge is 2.06. The molecule has 1 aromatic rings. The van der Waals surface area contributed by atoms with Crippen LogP contribution < -0.4 is 4.74 Å². The molecular weight excluding hydrogens is 260 g/mol. The third-order valence-corrected chi connectivity index (χ3v) is 2.72. The summed E-state index contributed by atoms with van der Waals surface area (Å²) in [7, 11) is 0. The van der Waals surface area contributed by atoms with E-state index < -0.39 is 0 Å². The van der Waals surface area contributed by atoms with Gasteiger partial charge in [0.25, 0.3) is 0 Å². The van der Waals surface area contributed by atoms with Crippen LogP contribution in [0.5, 0.6) is 5.75 Å². The van der Waals surface area contributed by atoms with Crippen molar-refractivity contribution in [1.82, 2.24) is 0 Å². The molecule has 1 rings (SSSR count). The Balaban J connectivity index is 2.31. The molecule has 0 saturated carbocycles. The van der Waals surface area contributed by atoms with Crippen LogP contribution in [-0.4, -0.2) is 31.0 Å². The van der Waals surface area contributed by atoms with Gasteiger partial charge in [-0.2, -0.15) is 0 Å². The largest absolute Gasteiger partial charge is 0.494 e. The number of carbonyl (C=O) groups excluding carboxylic acids is 1. The number of unbranched alkanes of at least 4 members (excludes halogenated alkanes) is 2. The summed E-state index contributed by atoms with van der Waals surface area (Å²) in [5.74, 6) is 0.367. The van der Waals surface area contributed by atoms with E-state index in [9.17, 15) is 4.79 Å². The standard InChI is InChI=1S/C15H22O5/c1-2-3-4-10-18-14-8-6-13(7-9-14)15(16)19-11-5-12-20-17/h6-9,17H,2-5,10-12H2,1H3. The highest BCUT2D eigenvalue weighted by molar-refractivity contribution is 5.89. The predicted octanol–water partition coefficient (Wildman–Crippen LogP) is 3.29. The molecule has 112 valence electrons. The molecule has 1 aromatic carbocycles. The molecule has 20 heavy (non-hydrogen) atoms. The minimum Gasteiger partial charge on any atom is -0.494 e. The zero-order valence-electron chi connectivity index (χ0n) is 11.8. The highest BCUT2D eigenvalue weighted by atomic mass is 17.1. The van der Waals surface area contributed by atoms with Crippen LogP contribution in [0.25, 0.3) is 0 Å². The van der Waals surface area contributed by atoms with Crippen LogP contribution in [0.15, 0.2) is 24.3 Å². The molecule has 0 aliphatic rings. The Morgan fingerprint density at radius 2 is 1.80 bits per heavy atom. The van der Waals surface area contributed by atoms with E-state index in [2.05, 4.69) is 11.8 Å². The average Bonchev–Trinajstić information content (AvgIpc) is 2.48. The Kier molecular flexibility index (Phi) is 8.42. The SMILES string of the molecule is CCCCCOc1ccc(C(=O)OCCCOO)cc1. The third kappa shape index (κ3) is 6.54. The van der Waals surface area contributed by atoms with E-state index in [1.807, 2.05) is 0 Å². The van der Waals surface area contributed by atoms with E-state index >= 15 is 0 Å². The number of carbonyl (C=O) groups is 1. The molecule has 1 N–H and O–H groups in total. The van der Waals surface area contributed by atoms with Gasteiger partial charge in [-0.3, -0.25) is 5.26 Å². The summed E-state index contributed by atoms with van der Waals surface area (Å²) >= 11 is 0. The van der Waals surface area contributed by atoms with Gasteiger partial charge in [0.15, 0.2) is 0 Å². The second kappa shape index (κ2) is 10.2. The van der Waals surface area contributed by atoms with Crippen molar-refractivity contribution in [3.8, 4) is 5.75 Å². The topological polar surface area (TPSA) is 65.0 Å². The molecule has 5 heteroatoms. The highest BCUT2D eigenvalue weighted by Crippen LogP contribution is 2.13. The molecule has 0 aromatic heterocycles. The van der Waals surface area contributed by atoms with E-state index in [4.69, 9.17) is 14.7 Å². The molecule has 5 nitrogen and oxygen atoms in total. The number of hydrogen-bond donors (Lipinski definition) is 1. The minimum absolute atomic E-state index is 0.151. The first-order valence-corrected chi connectivity index (χ1v) is 6.94. The Morgan fingerprint density at radius 3 is 2.45 bits per heavy atom. The van der Waals surface area contributed by atoms with Crippen LogP contribution in [0.2, 0.25) is 0 Å². The van der Waals surface area contributed by atoms with E-state index in [-0.39, 0.29) is 19.2 Å². The molecular formula is C15H22O5. The fourth-order valence-electron chi connectivity index (χ4n) is 1.60. The van der Waals surface area contributed by atoms with Gasteiger partial charge in [0.2, 0.25) is 0 Å². The summed E-state index contributed by atoms with van der Waals surface area (Å²) in [6, 6.07) is 6.89. The molecule has 0 heterocycles. The first-order chi connectivity index (χ1) is 9.77. The van der Waals surface area contributed by atoms with Crippen LogP contribution in [0, 0.1) is 0 Å². The van der Waals surface area contributed by atoms with Crippen molar-refractivity contribution in [1.29, 1.82) is 0 Å². The zero-order valence-corrected chi connectivity index (χ0v) is 11.8. The molecule has 0 unspecified atom stereocenters. The third-order valence-electron chi connectivity index (χ3n) is 2.72. The lowest BCUT2D eigenvalue weighted by atomic mass is 10.2. The van der Waals surface area contributed by atoms with E-state index in [0.717, 1.165) is 25.0 Å². The van der Waals surface area contributed by atoms with Crippen molar-refractivity contribution < 1.29 is 24.4 Å². The van der Waals surface area contributed by atoms with Crippen molar-refractivity contribution in [2.75, 3.05) is 19.8 Å². The lowest BCUT2D eigenvalue weighted by Gasteiger charge is -2.07. The number of esters is 1. The van der Waals surface area contributed by atoms with Gasteiger partial charge in [0, 0.05) is 6.42 Å². The van der Waals surface area contributed by atoms with Gasteiger partial charge in [-0.25, -0.2) is 9.68 Å². The lowest BCUT2D eigenvalue weighted by Crippen LogP contribution is -2.08. The van der Waals surface area contributed by atoms with Crippen molar-refractivity contribution in [2.45, 2.75) is 32.6 Å². The zero-order chi connectivity index (χ0) is 14.6. The van der Waals surface area contributed by atoms with Crippen molar-refractivity contribution in [2.24, 2.45) is 0 Å². The average molecular weight is 282 g/mol. The van der Waals surface area contributed by atoms with E-state index in [0.29, 0.717) is 18.6 Å². The lowest BCUT2D eigenvalue weighted by molar-refractivity contribution is -0.243. The maximum Gasteiger partial charge on any atom is 0.338 e. The summed E-state index contributed by atoms with van der Waals surface area (Å²) in [6.45, 7) is 3.21. The Labute approximate surface area is 119 Å². The second-order valence-corrected chi connectivity index (χ2v) is 4.40. The van der Waals surface area contributed by atoms with Crippen molar-refractivity contribution in [3.05, 3.63) is 29.8 Å². The maximum atomic E-state index is 11.7. The van der Waals surface area contributed by atoms with E-state index in [1.54, 1.807) is 24.3 Å². The normalized spacial score (nSPS) is 10.3. The van der Waals surface area contributed by atoms with Gasteiger partial charge in [0.1, 0.15) is 5.75 Å². The van der Waals surface area contributed by atoms with Crippen LogP contribution in [0.3, 0.4) is 0 Å². The summed E-state index contributed by atoms with van der Waals surface area (Å²) in [4.78, 5) is 15.5. The van der Waals surface area contributed by atoms with Gasteiger partial charge in [0.05, 0.1) is 25.4 Å². The van der Waals surface area contributed by atoms with Crippen LogP contribution in [0.4, 0.5) is 0 Å². The molecule has 0 atom stereocenters. The number of hydrogen-bond acceptors (Lipinski definition) is 5. The summed E-state index contributed by atoms with van der Waals surface area (Å²) < 4.78 is 10.6. The summed E-state index contributed by atoms with van der Waals surface area (Å²) in [6.07, 6.45) is 3.81. The Bertz CT molecular complexity index is 374. The molecule has 0 spiro atoms. The van der Waals surface area contributed by atoms with Crippen LogP contribution in [0.1, 0.15) is 43.0 Å². The fraction of sp³-hybridized carbons (Fsp3) is 0.533. The molecule has 0 radical (unpaired) electrons. The van der Waals surface area contributed by atoms with Gasteiger partial charge in [-0.05, 0) is 30.7 Å². The number of benzene rings is 1. The first kappa shape index (κ1) is 16.5. The molecule has 0 aliphatic carbocycles. The Hall–Kier alpha value is -1.59. The van der Waals surface area contributed by atoms with Crippen LogP contribution >= 0.6 is 0 Å². The van der Waals surface area contributed by atoms with Gasteiger partial charge in [-0.1, -0.05) is 19.8 Å². The first-order valence-electron chi connectivity index (χ1n) is 6.94. The molecule has 0 fully saturated rings.